The van der Waals surface area contributed by atoms with Crippen LogP contribution in [0.1, 0.15) is 71.6 Å². The van der Waals surface area contributed by atoms with Crippen molar-refractivity contribution in [2.45, 2.75) is 76.9 Å². The Hall–Kier alpha value is -2.27. The monoisotopic (exact) mass is 467 g/mol. The summed E-state index contributed by atoms with van der Waals surface area (Å²) in [6, 6.07) is 13.1. The molecule has 1 atom stereocenters. The first-order chi connectivity index (χ1) is 16.2. The first-order valence-electron chi connectivity index (χ1n) is 12.4. The highest BCUT2D eigenvalue weighted by Gasteiger charge is 2.09. The van der Waals surface area contributed by atoms with Crippen LogP contribution in [-0.4, -0.2) is 22.6 Å². The summed E-state index contributed by atoms with van der Waals surface area (Å²) in [6.07, 6.45) is 13.2. The number of thioether (sulfide) groups is 1. The minimum absolute atomic E-state index is 0.347. The molecule has 5 heteroatoms. The highest BCUT2D eigenvalue weighted by atomic mass is 32.2. The van der Waals surface area contributed by atoms with Crippen LogP contribution in [0.25, 0.3) is 22.1 Å². The van der Waals surface area contributed by atoms with Gasteiger partial charge in [0, 0.05) is 22.9 Å². The molecule has 0 fully saturated rings. The van der Waals surface area contributed by atoms with Gasteiger partial charge < -0.3 is 9.15 Å². The van der Waals surface area contributed by atoms with Gasteiger partial charge in [0.2, 0.25) is 5.88 Å². The molecule has 2 aromatic heterocycles. The lowest BCUT2D eigenvalue weighted by Gasteiger charge is -2.08. The van der Waals surface area contributed by atoms with Gasteiger partial charge in [-0.05, 0) is 36.6 Å². The summed E-state index contributed by atoms with van der Waals surface area (Å²) in [5.74, 6) is 1.82. The molecular formula is C28H37NO3S. The molecule has 0 N–H and O–H groups in total. The second-order valence-corrected chi connectivity index (χ2v) is 10.2. The van der Waals surface area contributed by atoms with E-state index in [2.05, 4.69) is 30.6 Å². The zero-order valence-corrected chi connectivity index (χ0v) is 20.9. The zero-order valence-electron chi connectivity index (χ0n) is 20.1. The molecule has 4 nitrogen and oxygen atoms in total. The first kappa shape index (κ1) is 25.4. The third kappa shape index (κ3) is 8.54. The predicted molar refractivity (Wildman–Crippen MR) is 140 cm³/mol. The quantitative estimate of drug-likeness (QED) is 0.213. The van der Waals surface area contributed by atoms with Gasteiger partial charge >= 0.3 is 5.63 Å². The Morgan fingerprint density at radius 2 is 1.67 bits per heavy atom. The van der Waals surface area contributed by atoms with Crippen LogP contribution in [0.5, 0.6) is 5.88 Å². The highest BCUT2D eigenvalue weighted by molar-refractivity contribution is 7.99. The van der Waals surface area contributed by atoms with Crippen molar-refractivity contribution < 1.29 is 9.15 Å². The van der Waals surface area contributed by atoms with Crippen molar-refractivity contribution in [3.05, 3.63) is 59.1 Å². The third-order valence-corrected chi connectivity index (χ3v) is 7.37. The molecule has 2 heterocycles. The Kier molecular flexibility index (Phi) is 10.8. The summed E-state index contributed by atoms with van der Waals surface area (Å²) >= 11 is 2.11. The van der Waals surface area contributed by atoms with E-state index in [-0.39, 0.29) is 5.63 Å². The SMILES string of the molecule is CCC(C)SCCCCCCCCCCOc1cc2oc(=O)c(-c3ccccc3)cc2cn1. The van der Waals surface area contributed by atoms with E-state index < -0.39 is 0 Å². The Morgan fingerprint density at radius 1 is 0.970 bits per heavy atom. The average molecular weight is 468 g/mol. The smallest absolute Gasteiger partial charge is 0.344 e. The van der Waals surface area contributed by atoms with Crippen LogP contribution in [-0.2, 0) is 0 Å². The van der Waals surface area contributed by atoms with E-state index in [1.165, 1.54) is 57.1 Å². The Bertz CT molecular complexity index is 1020. The molecule has 0 aliphatic heterocycles. The Labute approximate surface area is 202 Å². The number of nitrogens with zero attached hydrogens (tertiary/aromatic N) is 1. The van der Waals surface area contributed by atoms with Crippen LogP contribution >= 0.6 is 11.8 Å². The number of ether oxygens (including phenoxy) is 1. The number of pyridine rings is 1. The fourth-order valence-electron chi connectivity index (χ4n) is 3.74. The van der Waals surface area contributed by atoms with Crippen LogP contribution in [0.4, 0.5) is 0 Å². The number of fused-ring (bicyclic) bond motifs is 1. The van der Waals surface area contributed by atoms with Gasteiger partial charge in [0.15, 0.2) is 0 Å². The van der Waals surface area contributed by atoms with Gasteiger partial charge in [-0.25, -0.2) is 9.78 Å². The Balaban J connectivity index is 1.32. The minimum Gasteiger partial charge on any atom is -0.478 e. The van der Waals surface area contributed by atoms with Crippen molar-refractivity contribution in [1.82, 2.24) is 4.98 Å². The van der Waals surface area contributed by atoms with Crippen molar-refractivity contribution >= 4 is 22.7 Å². The molecule has 1 aromatic carbocycles. The number of hydrogen-bond donors (Lipinski definition) is 0. The molecule has 178 valence electrons. The van der Waals surface area contributed by atoms with Crippen LogP contribution in [0.2, 0.25) is 0 Å². The predicted octanol–water partition coefficient (Wildman–Crippen LogP) is 7.89. The summed E-state index contributed by atoms with van der Waals surface area (Å²) in [4.78, 5) is 16.8. The number of aromatic nitrogens is 1. The van der Waals surface area contributed by atoms with Gasteiger partial charge in [0.05, 0.1) is 12.2 Å². The van der Waals surface area contributed by atoms with Crippen LogP contribution in [0.15, 0.2) is 57.9 Å². The topological polar surface area (TPSA) is 52.3 Å². The molecule has 0 amide bonds. The van der Waals surface area contributed by atoms with E-state index in [1.54, 1.807) is 12.3 Å². The fraction of sp³-hybridized carbons (Fsp3) is 0.500. The standard InChI is InChI=1S/C28H37NO3S/c1-3-22(2)33-18-14-9-7-5-4-6-8-13-17-31-27-20-26-24(21-29-27)19-25(28(30)32-26)23-15-11-10-12-16-23/h10-12,15-16,19-22H,3-9,13-14,17-18H2,1-2H3. The maximum Gasteiger partial charge on any atom is 0.344 e. The second-order valence-electron chi connectivity index (χ2n) is 8.64. The summed E-state index contributed by atoms with van der Waals surface area (Å²) < 4.78 is 11.3. The van der Waals surface area contributed by atoms with Crippen molar-refractivity contribution in [1.29, 1.82) is 0 Å². The highest BCUT2D eigenvalue weighted by Crippen LogP contribution is 2.23. The second kappa shape index (κ2) is 14.1. The van der Waals surface area contributed by atoms with Gasteiger partial charge in [0.1, 0.15) is 5.58 Å². The molecule has 0 bridgehead atoms. The maximum atomic E-state index is 12.4. The lowest BCUT2D eigenvalue weighted by Crippen LogP contribution is -2.03. The van der Waals surface area contributed by atoms with E-state index in [9.17, 15) is 4.79 Å². The van der Waals surface area contributed by atoms with E-state index in [1.807, 2.05) is 36.4 Å². The van der Waals surface area contributed by atoms with Crippen LogP contribution in [0, 0.1) is 0 Å². The normalized spacial score (nSPS) is 12.2. The van der Waals surface area contributed by atoms with Gasteiger partial charge in [0.25, 0.3) is 0 Å². The molecule has 0 saturated heterocycles. The fourth-order valence-corrected chi connectivity index (χ4v) is 4.75. The summed E-state index contributed by atoms with van der Waals surface area (Å²) in [7, 11) is 0. The molecule has 0 aliphatic rings. The van der Waals surface area contributed by atoms with Gasteiger partial charge in [-0.15, -0.1) is 0 Å². The maximum absolute atomic E-state index is 12.4. The Morgan fingerprint density at radius 3 is 2.39 bits per heavy atom. The average Bonchev–Trinajstić information content (AvgIpc) is 2.84. The number of unbranched alkanes of at least 4 members (excludes halogenated alkanes) is 7. The molecule has 0 saturated carbocycles. The van der Waals surface area contributed by atoms with Crippen molar-refractivity contribution in [3.8, 4) is 17.0 Å². The van der Waals surface area contributed by atoms with Gasteiger partial charge in [-0.2, -0.15) is 11.8 Å². The number of rotatable bonds is 15. The van der Waals surface area contributed by atoms with Crippen LogP contribution < -0.4 is 10.4 Å². The molecule has 0 spiro atoms. The molecule has 3 rings (SSSR count). The summed E-state index contributed by atoms with van der Waals surface area (Å²) in [5.41, 5.74) is 1.55. The van der Waals surface area contributed by atoms with Crippen molar-refractivity contribution in [3.63, 3.8) is 0 Å². The molecule has 33 heavy (non-hydrogen) atoms. The van der Waals surface area contributed by atoms with Crippen molar-refractivity contribution in [2.24, 2.45) is 0 Å². The zero-order chi connectivity index (χ0) is 23.3. The summed E-state index contributed by atoms with van der Waals surface area (Å²) in [6.45, 7) is 5.23. The largest absolute Gasteiger partial charge is 0.478 e. The number of benzene rings is 1. The third-order valence-electron chi connectivity index (χ3n) is 5.94. The number of hydrogen-bond acceptors (Lipinski definition) is 5. The summed E-state index contributed by atoms with van der Waals surface area (Å²) in [5, 5.41) is 1.60. The minimum atomic E-state index is -0.347. The molecule has 3 aromatic rings. The van der Waals surface area contributed by atoms with Crippen molar-refractivity contribution in [2.75, 3.05) is 12.4 Å². The van der Waals surface area contributed by atoms with E-state index >= 15 is 0 Å². The lowest BCUT2D eigenvalue weighted by atomic mass is 10.1. The lowest BCUT2D eigenvalue weighted by molar-refractivity contribution is 0.293. The van der Waals surface area contributed by atoms with Gasteiger partial charge in [-0.1, -0.05) is 82.7 Å². The van der Waals surface area contributed by atoms with Gasteiger partial charge in [-0.3, -0.25) is 0 Å². The van der Waals surface area contributed by atoms with E-state index in [0.29, 0.717) is 23.6 Å². The van der Waals surface area contributed by atoms with Crippen LogP contribution in [0.3, 0.4) is 0 Å². The molecule has 1 unspecified atom stereocenters. The first-order valence-corrected chi connectivity index (χ1v) is 13.5. The van der Waals surface area contributed by atoms with E-state index in [0.717, 1.165) is 22.6 Å². The molecule has 0 aliphatic carbocycles. The molecule has 0 radical (unpaired) electrons. The molecular weight excluding hydrogens is 430 g/mol. The van der Waals surface area contributed by atoms with E-state index in [4.69, 9.17) is 9.15 Å².